The van der Waals surface area contributed by atoms with Crippen LogP contribution in [0.3, 0.4) is 0 Å². The predicted octanol–water partition coefficient (Wildman–Crippen LogP) is 1.36. The molecule has 0 bridgehead atoms. The van der Waals surface area contributed by atoms with Crippen LogP contribution in [0.25, 0.3) is 0 Å². The van der Waals surface area contributed by atoms with Crippen molar-refractivity contribution >= 4 is 5.97 Å². The first-order valence-corrected chi connectivity index (χ1v) is 5.72. The molecule has 17 heavy (non-hydrogen) atoms. The van der Waals surface area contributed by atoms with Gasteiger partial charge in [0.25, 0.3) is 0 Å². The summed E-state index contributed by atoms with van der Waals surface area (Å²) in [6, 6.07) is 2.16. The molecule has 1 aromatic heterocycles. The van der Waals surface area contributed by atoms with Gasteiger partial charge in [-0.15, -0.1) is 5.10 Å². The Balaban J connectivity index is 1.91. The highest BCUT2D eigenvalue weighted by Crippen LogP contribution is 2.32. The quantitative estimate of drug-likeness (QED) is 0.852. The molecule has 0 saturated heterocycles. The Bertz CT molecular complexity index is 441. The predicted molar refractivity (Wildman–Crippen MR) is 58.0 cm³/mol. The van der Waals surface area contributed by atoms with Gasteiger partial charge in [-0.2, -0.15) is 15.2 Å². The van der Waals surface area contributed by atoms with Crippen LogP contribution in [0.2, 0.25) is 0 Å². The van der Waals surface area contributed by atoms with Gasteiger partial charge in [0, 0.05) is 6.42 Å². The Morgan fingerprint density at radius 1 is 1.53 bits per heavy atom. The fourth-order valence-electron chi connectivity index (χ4n) is 2.33. The first kappa shape index (κ1) is 11.6. The molecule has 6 nitrogen and oxygen atoms in total. The molecule has 2 rings (SSSR count). The summed E-state index contributed by atoms with van der Waals surface area (Å²) in [7, 11) is 0. The molecule has 1 aliphatic rings. The number of hydrogen-bond donors (Lipinski definition) is 1. The molecule has 0 radical (unpaired) electrons. The molecular weight excluding hydrogens is 220 g/mol. The molecule has 1 N–H and O–H groups in total. The molecule has 1 heterocycles. The summed E-state index contributed by atoms with van der Waals surface area (Å²) >= 11 is 0. The van der Waals surface area contributed by atoms with E-state index < -0.39 is 5.97 Å². The molecule has 0 amide bonds. The SMILES string of the molecule is N#Cc1cnn(C2CCC(CC(=O)O)CC2)n1. The standard InChI is InChI=1S/C11H14N4O2/c12-6-9-7-13-15(14-9)10-3-1-8(2-4-10)5-11(16)17/h7-8,10H,1-5H2,(H,16,17). The van der Waals surface area contributed by atoms with E-state index in [-0.39, 0.29) is 18.4 Å². The van der Waals surface area contributed by atoms with E-state index in [9.17, 15) is 4.79 Å². The summed E-state index contributed by atoms with van der Waals surface area (Å²) in [5, 5.41) is 25.5. The summed E-state index contributed by atoms with van der Waals surface area (Å²) < 4.78 is 0. The number of rotatable bonds is 3. The van der Waals surface area contributed by atoms with Crippen molar-refractivity contribution in [3.63, 3.8) is 0 Å². The average Bonchev–Trinajstić information content (AvgIpc) is 2.78. The van der Waals surface area contributed by atoms with Crippen LogP contribution in [-0.2, 0) is 4.79 Å². The second-order valence-electron chi connectivity index (χ2n) is 4.43. The van der Waals surface area contributed by atoms with Crippen molar-refractivity contribution in [2.24, 2.45) is 5.92 Å². The third-order valence-electron chi connectivity index (χ3n) is 3.23. The van der Waals surface area contributed by atoms with E-state index in [0.717, 1.165) is 25.7 Å². The Morgan fingerprint density at radius 2 is 2.24 bits per heavy atom. The second-order valence-corrected chi connectivity index (χ2v) is 4.43. The van der Waals surface area contributed by atoms with Crippen LogP contribution in [0, 0.1) is 17.2 Å². The van der Waals surface area contributed by atoms with Gasteiger partial charge in [0.15, 0.2) is 5.69 Å². The topological polar surface area (TPSA) is 91.8 Å². The molecule has 0 aromatic carbocycles. The first-order valence-electron chi connectivity index (χ1n) is 5.72. The van der Waals surface area contributed by atoms with Gasteiger partial charge in [0.05, 0.1) is 12.2 Å². The summed E-state index contributed by atoms with van der Waals surface area (Å²) in [6.45, 7) is 0. The normalized spacial score (nSPS) is 24.2. The maximum absolute atomic E-state index is 10.6. The van der Waals surface area contributed by atoms with Gasteiger partial charge in [0.1, 0.15) is 6.07 Å². The summed E-state index contributed by atoms with van der Waals surface area (Å²) in [5.74, 6) is -0.452. The summed E-state index contributed by atoms with van der Waals surface area (Å²) in [5.41, 5.74) is 0.331. The maximum Gasteiger partial charge on any atom is 0.303 e. The zero-order chi connectivity index (χ0) is 12.3. The molecule has 0 unspecified atom stereocenters. The molecule has 0 aliphatic heterocycles. The van der Waals surface area contributed by atoms with Crippen LogP contribution in [0.5, 0.6) is 0 Å². The van der Waals surface area contributed by atoms with E-state index >= 15 is 0 Å². The van der Waals surface area contributed by atoms with Crippen LogP contribution in [0.15, 0.2) is 6.20 Å². The number of nitriles is 1. The van der Waals surface area contributed by atoms with Gasteiger partial charge in [-0.1, -0.05) is 0 Å². The van der Waals surface area contributed by atoms with E-state index in [1.165, 1.54) is 6.20 Å². The monoisotopic (exact) mass is 234 g/mol. The largest absolute Gasteiger partial charge is 0.481 e. The lowest BCUT2D eigenvalue weighted by Crippen LogP contribution is -2.21. The fourth-order valence-corrected chi connectivity index (χ4v) is 2.33. The van der Waals surface area contributed by atoms with Crippen LogP contribution in [0.4, 0.5) is 0 Å². The minimum atomic E-state index is -0.725. The molecule has 0 spiro atoms. The Kier molecular flexibility index (Phi) is 3.38. The zero-order valence-electron chi connectivity index (χ0n) is 9.41. The number of aromatic nitrogens is 3. The zero-order valence-corrected chi connectivity index (χ0v) is 9.41. The molecule has 1 fully saturated rings. The lowest BCUT2D eigenvalue weighted by molar-refractivity contribution is -0.138. The van der Waals surface area contributed by atoms with Crippen LogP contribution >= 0.6 is 0 Å². The highest BCUT2D eigenvalue weighted by molar-refractivity contribution is 5.67. The summed E-state index contributed by atoms with van der Waals surface area (Å²) in [4.78, 5) is 12.2. The highest BCUT2D eigenvalue weighted by Gasteiger charge is 2.25. The number of hydrogen-bond acceptors (Lipinski definition) is 4. The fraction of sp³-hybridized carbons (Fsp3) is 0.636. The number of carbonyl (C=O) groups is 1. The van der Waals surface area contributed by atoms with Crippen LogP contribution < -0.4 is 0 Å². The number of carboxylic acids is 1. The van der Waals surface area contributed by atoms with Crippen molar-refractivity contribution in [3.05, 3.63) is 11.9 Å². The molecule has 1 aromatic rings. The van der Waals surface area contributed by atoms with E-state index in [1.54, 1.807) is 4.80 Å². The van der Waals surface area contributed by atoms with Crippen molar-refractivity contribution in [1.82, 2.24) is 15.0 Å². The van der Waals surface area contributed by atoms with Gasteiger partial charge < -0.3 is 5.11 Å². The first-order chi connectivity index (χ1) is 8.19. The molecule has 90 valence electrons. The van der Waals surface area contributed by atoms with Crippen LogP contribution in [0.1, 0.15) is 43.8 Å². The van der Waals surface area contributed by atoms with Crippen LogP contribution in [-0.4, -0.2) is 26.1 Å². The summed E-state index contributed by atoms with van der Waals surface area (Å²) in [6.07, 6.45) is 5.27. The van der Waals surface area contributed by atoms with Gasteiger partial charge in [-0.25, -0.2) is 0 Å². The minimum Gasteiger partial charge on any atom is -0.481 e. The van der Waals surface area contributed by atoms with E-state index in [2.05, 4.69) is 10.2 Å². The van der Waals surface area contributed by atoms with Crippen molar-refractivity contribution < 1.29 is 9.90 Å². The third kappa shape index (κ3) is 2.81. The Hall–Kier alpha value is -1.90. The van der Waals surface area contributed by atoms with Gasteiger partial charge in [-0.3, -0.25) is 4.79 Å². The number of nitrogens with zero attached hydrogens (tertiary/aromatic N) is 4. The molecule has 6 heteroatoms. The number of carboxylic acid groups (broad SMARTS) is 1. The van der Waals surface area contributed by atoms with Crippen molar-refractivity contribution in [3.8, 4) is 6.07 Å². The Morgan fingerprint density at radius 3 is 2.76 bits per heavy atom. The van der Waals surface area contributed by atoms with E-state index in [4.69, 9.17) is 10.4 Å². The second kappa shape index (κ2) is 4.95. The molecule has 1 saturated carbocycles. The molecular formula is C11H14N4O2. The highest BCUT2D eigenvalue weighted by atomic mass is 16.4. The smallest absolute Gasteiger partial charge is 0.303 e. The molecule has 0 atom stereocenters. The third-order valence-corrected chi connectivity index (χ3v) is 3.23. The van der Waals surface area contributed by atoms with Gasteiger partial charge in [0.2, 0.25) is 0 Å². The lowest BCUT2D eigenvalue weighted by atomic mass is 9.84. The van der Waals surface area contributed by atoms with Crippen molar-refractivity contribution in [2.75, 3.05) is 0 Å². The lowest BCUT2D eigenvalue weighted by Gasteiger charge is -2.26. The molecule has 1 aliphatic carbocycles. The Labute approximate surface area is 98.9 Å². The van der Waals surface area contributed by atoms with Gasteiger partial charge >= 0.3 is 5.97 Å². The average molecular weight is 234 g/mol. The minimum absolute atomic E-state index is 0.210. The number of aliphatic carboxylic acids is 1. The van der Waals surface area contributed by atoms with Crippen molar-refractivity contribution in [2.45, 2.75) is 38.1 Å². The van der Waals surface area contributed by atoms with Crippen molar-refractivity contribution in [1.29, 1.82) is 5.26 Å². The van der Waals surface area contributed by atoms with E-state index in [0.29, 0.717) is 5.69 Å². The van der Waals surface area contributed by atoms with E-state index in [1.807, 2.05) is 6.07 Å². The van der Waals surface area contributed by atoms with Gasteiger partial charge in [-0.05, 0) is 31.6 Å². The maximum atomic E-state index is 10.6.